The molecule has 5 aromatic rings. The van der Waals surface area contributed by atoms with E-state index in [2.05, 4.69) is 4.90 Å². The number of nitrogens with zero attached hydrogens (tertiary/aromatic N) is 6. The van der Waals surface area contributed by atoms with Gasteiger partial charge in [-0.1, -0.05) is 54.6 Å². The molecular weight excluding hydrogens is 765 g/mol. The van der Waals surface area contributed by atoms with Crippen molar-refractivity contribution < 1.29 is 36.5 Å². The highest BCUT2D eigenvalue weighted by atomic mass is 19.4. The van der Waals surface area contributed by atoms with Crippen LogP contribution in [0.3, 0.4) is 0 Å². The van der Waals surface area contributed by atoms with E-state index in [1.54, 1.807) is 19.1 Å². The molecule has 0 radical (unpaired) electrons. The van der Waals surface area contributed by atoms with Gasteiger partial charge in [0, 0.05) is 38.2 Å². The molecule has 2 atom stereocenters. The van der Waals surface area contributed by atoms with Crippen LogP contribution in [0.5, 0.6) is 23.4 Å². The fraction of sp³-hybridized carbons (Fsp3) is 0.400. The second kappa shape index (κ2) is 16.9. The molecule has 0 N–H and O–H groups in total. The summed E-state index contributed by atoms with van der Waals surface area (Å²) in [5.41, 5.74) is 2.80. The summed E-state index contributed by atoms with van der Waals surface area (Å²) in [6.07, 6.45) is -3.18. The standard InChI is InChI=1S/C45H48F4N6O4/c1-30-22-39(54(24-31-10-14-35(56-2)15-11-31)25-32-12-16-36(57-3)17-13-32)51-41(40(30)45(47,48)49)53-21-18-37-38(27-53)50-43(52-42(37)58-28-33-8-5-4-6-9-33)59-29-44-19-7-20-55(44)26-34(46)23-44/h4-6,8-17,22,34H,7,18-21,23-29H2,1-3H3/t34-,44+/m1/s1. The minimum Gasteiger partial charge on any atom is -0.497 e. The van der Waals surface area contributed by atoms with E-state index >= 15 is 13.2 Å². The summed E-state index contributed by atoms with van der Waals surface area (Å²) < 4.78 is 83.2. The highest BCUT2D eigenvalue weighted by Crippen LogP contribution is 2.43. The van der Waals surface area contributed by atoms with Crippen molar-refractivity contribution in [2.45, 2.75) is 76.7 Å². The lowest BCUT2D eigenvalue weighted by molar-refractivity contribution is -0.137. The lowest BCUT2D eigenvalue weighted by Gasteiger charge is -2.34. The monoisotopic (exact) mass is 812 g/mol. The van der Waals surface area contributed by atoms with Gasteiger partial charge in [0.2, 0.25) is 5.88 Å². The van der Waals surface area contributed by atoms with Crippen LogP contribution in [0.25, 0.3) is 0 Å². The first kappa shape index (κ1) is 40.2. The molecule has 5 heterocycles. The Morgan fingerprint density at radius 1 is 0.831 bits per heavy atom. The van der Waals surface area contributed by atoms with Crippen LogP contribution in [-0.4, -0.2) is 72.0 Å². The van der Waals surface area contributed by atoms with Crippen LogP contribution < -0.4 is 28.7 Å². The van der Waals surface area contributed by atoms with Crippen LogP contribution in [0.4, 0.5) is 29.2 Å². The van der Waals surface area contributed by atoms with Crippen molar-refractivity contribution >= 4 is 11.6 Å². The third-order valence-electron chi connectivity index (χ3n) is 11.6. The highest BCUT2D eigenvalue weighted by molar-refractivity contribution is 5.60. The van der Waals surface area contributed by atoms with Crippen LogP contribution in [0.1, 0.15) is 58.3 Å². The van der Waals surface area contributed by atoms with Gasteiger partial charge in [-0.3, -0.25) is 4.90 Å². The number of fused-ring (bicyclic) bond motifs is 2. The molecule has 3 aliphatic rings. The van der Waals surface area contributed by atoms with E-state index in [4.69, 9.17) is 33.9 Å². The fourth-order valence-electron chi connectivity index (χ4n) is 8.61. The molecule has 3 aromatic carbocycles. The topological polar surface area (TPSA) is 85.3 Å². The second-order valence-electron chi connectivity index (χ2n) is 15.6. The van der Waals surface area contributed by atoms with Crippen molar-refractivity contribution in [3.8, 4) is 23.4 Å². The molecule has 310 valence electrons. The van der Waals surface area contributed by atoms with Gasteiger partial charge < -0.3 is 28.7 Å². The quantitative estimate of drug-likeness (QED) is 0.102. The van der Waals surface area contributed by atoms with Gasteiger partial charge in [-0.2, -0.15) is 23.1 Å². The number of benzene rings is 3. The van der Waals surface area contributed by atoms with Crippen LogP contribution in [0.2, 0.25) is 0 Å². The molecule has 14 heteroatoms. The van der Waals surface area contributed by atoms with Gasteiger partial charge in [-0.05, 0) is 85.3 Å². The summed E-state index contributed by atoms with van der Waals surface area (Å²) in [5.74, 6) is 1.93. The molecule has 2 saturated heterocycles. The number of alkyl halides is 4. The maximum absolute atomic E-state index is 15.1. The summed E-state index contributed by atoms with van der Waals surface area (Å²) in [5, 5.41) is 0. The number of pyridine rings is 1. The third-order valence-corrected chi connectivity index (χ3v) is 11.6. The van der Waals surface area contributed by atoms with Crippen molar-refractivity contribution in [1.29, 1.82) is 0 Å². The number of aryl methyl sites for hydroxylation is 1. The average Bonchev–Trinajstić information content (AvgIpc) is 3.77. The number of aromatic nitrogens is 3. The Bertz CT molecular complexity index is 2180. The Morgan fingerprint density at radius 2 is 1.51 bits per heavy atom. The largest absolute Gasteiger partial charge is 0.497 e. The van der Waals surface area contributed by atoms with Gasteiger partial charge in [0.05, 0.1) is 32.0 Å². The third kappa shape index (κ3) is 8.87. The van der Waals surface area contributed by atoms with Crippen molar-refractivity contribution in [1.82, 2.24) is 19.9 Å². The number of ether oxygens (including phenoxy) is 4. The van der Waals surface area contributed by atoms with E-state index in [0.717, 1.165) is 36.1 Å². The molecule has 8 rings (SSSR count). The summed E-state index contributed by atoms with van der Waals surface area (Å²) in [6.45, 7) is 4.05. The Kier molecular flexibility index (Phi) is 11.5. The number of hydrogen-bond acceptors (Lipinski definition) is 10. The zero-order valence-corrected chi connectivity index (χ0v) is 33.5. The highest BCUT2D eigenvalue weighted by Gasteiger charge is 2.49. The first-order valence-corrected chi connectivity index (χ1v) is 19.9. The molecule has 10 nitrogen and oxygen atoms in total. The first-order valence-electron chi connectivity index (χ1n) is 19.9. The molecule has 59 heavy (non-hydrogen) atoms. The van der Waals surface area contributed by atoms with E-state index in [-0.39, 0.29) is 43.7 Å². The van der Waals surface area contributed by atoms with E-state index in [9.17, 15) is 4.39 Å². The number of hydrogen-bond donors (Lipinski definition) is 0. The Morgan fingerprint density at radius 3 is 2.15 bits per heavy atom. The summed E-state index contributed by atoms with van der Waals surface area (Å²) in [4.78, 5) is 20.1. The van der Waals surface area contributed by atoms with E-state index in [0.29, 0.717) is 66.9 Å². The second-order valence-corrected chi connectivity index (χ2v) is 15.6. The molecule has 0 spiro atoms. The molecule has 2 fully saturated rings. The number of rotatable bonds is 14. The minimum atomic E-state index is -4.69. The smallest absolute Gasteiger partial charge is 0.420 e. The van der Waals surface area contributed by atoms with Crippen molar-refractivity contribution in [3.63, 3.8) is 0 Å². The fourth-order valence-corrected chi connectivity index (χ4v) is 8.61. The predicted molar refractivity (Wildman–Crippen MR) is 216 cm³/mol. The maximum Gasteiger partial charge on any atom is 0.420 e. The normalized spacial score (nSPS) is 19.0. The number of halogens is 4. The first-order chi connectivity index (χ1) is 28.5. The van der Waals surface area contributed by atoms with Gasteiger partial charge in [0.25, 0.3) is 0 Å². The Balaban J connectivity index is 1.14. The van der Waals surface area contributed by atoms with Gasteiger partial charge in [-0.25, -0.2) is 9.37 Å². The van der Waals surface area contributed by atoms with Crippen LogP contribution in [0.15, 0.2) is 84.9 Å². The lowest BCUT2D eigenvalue weighted by atomic mass is 9.95. The summed E-state index contributed by atoms with van der Waals surface area (Å²) >= 11 is 0. The molecule has 0 amide bonds. The molecular formula is C45H48F4N6O4. The molecule has 3 aliphatic heterocycles. The lowest BCUT2D eigenvalue weighted by Crippen LogP contribution is -2.43. The zero-order chi connectivity index (χ0) is 41.1. The zero-order valence-electron chi connectivity index (χ0n) is 33.5. The molecule has 0 bridgehead atoms. The van der Waals surface area contributed by atoms with Crippen molar-refractivity contribution in [3.05, 3.63) is 124 Å². The Hall–Kier alpha value is -5.63. The molecule has 0 saturated carbocycles. The van der Waals surface area contributed by atoms with Crippen LogP contribution in [-0.2, 0) is 38.8 Å². The van der Waals surface area contributed by atoms with E-state index in [1.807, 2.05) is 83.8 Å². The molecule has 2 aromatic heterocycles. The van der Waals surface area contributed by atoms with Crippen LogP contribution in [0, 0.1) is 6.92 Å². The maximum atomic E-state index is 15.1. The summed E-state index contributed by atoms with van der Waals surface area (Å²) in [7, 11) is 3.19. The van der Waals surface area contributed by atoms with Gasteiger partial charge >= 0.3 is 12.2 Å². The number of methoxy groups -OCH3 is 2. The van der Waals surface area contributed by atoms with Gasteiger partial charge in [0.1, 0.15) is 48.1 Å². The predicted octanol–water partition coefficient (Wildman–Crippen LogP) is 8.52. The Labute approximate surface area is 341 Å². The number of anilines is 2. The van der Waals surface area contributed by atoms with E-state index < -0.39 is 23.5 Å². The average molecular weight is 813 g/mol. The molecule has 0 unspecified atom stereocenters. The van der Waals surface area contributed by atoms with Crippen LogP contribution >= 0.6 is 0 Å². The minimum absolute atomic E-state index is 0.00959. The molecule has 0 aliphatic carbocycles. The van der Waals surface area contributed by atoms with E-state index in [1.165, 1.54) is 13.0 Å². The summed E-state index contributed by atoms with van der Waals surface area (Å²) in [6, 6.07) is 26.4. The van der Waals surface area contributed by atoms with Gasteiger partial charge in [-0.15, -0.1) is 0 Å². The van der Waals surface area contributed by atoms with Crippen molar-refractivity contribution in [2.75, 3.05) is 50.3 Å². The van der Waals surface area contributed by atoms with Gasteiger partial charge in [0.15, 0.2) is 0 Å². The SMILES string of the molecule is COc1ccc(CN(Cc2ccc(OC)cc2)c2cc(C)c(C(F)(F)F)c(N3CCc4c(nc(OC[C@@]56CCCN5C[C@H](F)C6)nc4OCc4ccccc4)C3)n2)cc1. The van der Waals surface area contributed by atoms with Crippen molar-refractivity contribution in [2.24, 2.45) is 0 Å².